The summed E-state index contributed by atoms with van der Waals surface area (Å²) in [6, 6.07) is 16.0. The number of fused-ring (bicyclic) bond motifs is 1. The summed E-state index contributed by atoms with van der Waals surface area (Å²) in [6.07, 6.45) is 1.80. The van der Waals surface area contributed by atoms with E-state index in [1.807, 2.05) is 30.3 Å². The fourth-order valence-corrected chi connectivity index (χ4v) is 1.89. The molecule has 3 heteroatoms. The minimum absolute atomic E-state index is 0.264. The summed E-state index contributed by atoms with van der Waals surface area (Å²) in [7, 11) is 0. The highest BCUT2D eigenvalue weighted by molar-refractivity contribution is 5.78. The fraction of sp³-hybridized carbons (Fsp3) is 0.0625. The second-order valence-electron chi connectivity index (χ2n) is 4.28. The van der Waals surface area contributed by atoms with Gasteiger partial charge in [0.25, 0.3) is 0 Å². The van der Waals surface area contributed by atoms with E-state index in [1.165, 1.54) is 12.1 Å². The van der Waals surface area contributed by atoms with Crippen molar-refractivity contribution in [1.82, 2.24) is 4.98 Å². The van der Waals surface area contributed by atoms with Gasteiger partial charge in [-0.15, -0.1) is 0 Å². The number of ether oxygens (including phenoxy) is 1. The summed E-state index contributed by atoms with van der Waals surface area (Å²) in [5.41, 5.74) is 1.95. The molecule has 1 heterocycles. The molecular weight excluding hydrogens is 241 g/mol. The van der Waals surface area contributed by atoms with E-state index in [-0.39, 0.29) is 5.82 Å². The molecule has 0 atom stereocenters. The summed E-state index contributed by atoms with van der Waals surface area (Å²) in [5.74, 6) is 0.384. The van der Waals surface area contributed by atoms with Gasteiger partial charge in [-0.3, -0.25) is 4.98 Å². The first-order chi connectivity index (χ1) is 9.31. The van der Waals surface area contributed by atoms with Crippen molar-refractivity contribution in [3.8, 4) is 5.75 Å². The number of hydrogen-bond donors (Lipinski definition) is 0. The highest BCUT2D eigenvalue weighted by atomic mass is 19.1. The van der Waals surface area contributed by atoms with Crippen LogP contribution in [-0.4, -0.2) is 4.98 Å². The van der Waals surface area contributed by atoms with Crippen LogP contribution in [-0.2, 0) is 6.61 Å². The van der Waals surface area contributed by atoms with Crippen LogP contribution in [0.25, 0.3) is 10.9 Å². The van der Waals surface area contributed by atoms with Crippen LogP contribution in [0.4, 0.5) is 4.39 Å². The van der Waals surface area contributed by atoms with Crippen LogP contribution in [0.5, 0.6) is 5.75 Å². The van der Waals surface area contributed by atoms with E-state index in [2.05, 4.69) is 4.98 Å². The molecule has 1 aromatic heterocycles. The van der Waals surface area contributed by atoms with Crippen molar-refractivity contribution in [3.05, 3.63) is 72.2 Å². The Hall–Kier alpha value is -2.42. The molecular formula is C16H12FNO. The zero-order valence-corrected chi connectivity index (χ0v) is 10.2. The first-order valence-corrected chi connectivity index (χ1v) is 6.03. The number of para-hydroxylation sites is 1. The van der Waals surface area contributed by atoms with Crippen LogP contribution in [0, 0.1) is 5.82 Å². The molecule has 0 saturated carbocycles. The molecule has 0 N–H and O–H groups in total. The number of halogens is 1. The Bertz CT molecular complexity index is 694. The predicted octanol–water partition coefficient (Wildman–Crippen LogP) is 3.95. The average molecular weight is 253 g/mol. The predicted molar refractivity (Wildman–Crippen MR) is 72.5 cm³/mol. The van der Waals surface area contributed by atoms with Crippen molar-refractivity contribution < 1.29 is 9.13 Å². The fourth-order valence-electron chi connectivity index (χ4n) is 1.89. The van der Waals surface area contributed by atoms with Gasteiger partial charge in [-0.1, -0.05) is 18.2 Å². The number of aromatic nitrogens is 1. The lowest BCUT2D eigenvalue weighted by atomic mass is 10.2. The zero-order valence-electron chi connectivity index (χ0n) is 10.2. The topological polar surface area (TPSA) is 22.1 Å². The van der Waals surface area contributed by atoms with E-state index in [1.54, 1.807) is 18.3 Å². The Labute approximate surface area is 110 Å². The molecule has 3 aromatic rings. The summed E-state index contributed by atoms with van der Waals surface area (Å²) in [4.78, 5) is 4.37. The average Bonchev–Trinajstić information content (AvgIpc) is 2.46. The van der Waals surface area contributed by atoms with Gasteiger partial charge in [0, 0.05) is 17.1 Å². The maximum Gasteiger partial charge on any atom is 0.123 e. The standard InChI is InChI=1S/C16H12FNO/c17-14-5-7-15(8-6-14)19-11-12-9-13-3-1-2-4-16(13)18-10-12/h1-10H,11H2. The van der Waals surface area contributed by atoms with E-state index < -0.39 is 0 Å². The molecule has 0 fully saturated rings. The molecule has 0 aliphatic carbocycles. The Morgan fingerprint density at radius 1 is 1.00 bits per heavy atom. The summed E-state index contributed by atoms with van der Waals surface area (Å²) in [6.45, 7) is 0.420. The Morgan fingerprint density at radius 3 is 2.63 bits per heavy atom. The van der Waals surface area contributed by atoms with Crippen LogP contribution in [0.2, 0.25) is 0 Å². The lowest BCUT2D eigenvalue weighted by Crippen LogP contribution is -1.96. The minimum Gasteiger partial charge on any atom is -0.489 e. The number of hydrogen-bond acceptors (Lipinski definition) is 2. The first-order valence-electron chi connectivity index (χ1n) is 6.03. The normalized spacial score (nSPS) is 10.6. The van der Waals surface area contributed by atoms with Crippen molar-refractivity contribution in [2.75, 3.05) is 0 Å². The van der Waals surface area contributed by atoms with Crippen LogP contribution in [0.15, 0.2) is 60.8 Å². The van der Waals surface area contributed by atoms with Crippen LogP contribution in [0.3, 0.4) is 0 Å². The van der Waals surface area contributed by atoms with Crippen molar-refractivity contribution in [2.24, 2.45) is 0 Å². The zero-order chi connectivity index (χ0) is 13.1. The van der Waals surface area contributed by atoms with E-state index in [0.717, 1.165) is 16.5 Å². The Balaban J connectivity index is 1.76. The van der Waals surface area contributed by atoms with Crippen LogP contribution in [0.1, 0.15) is 5.56 Å². The van der Waals surface area contributed by atoms with E-state index in [0.29, 0.717) is 12.4 Å². The molecule has 0 aliphatic rings. The second-order valence-corrected chi connectivity index (χ2v) is 4.28. The van der Waals surface area contributed by atoms with Gasteiger partial charge in [-0.25, -0.2) is 4.39 Å². The van der Waals surface area contributed by atoms with Gasteiger partial charge in [-0.05, 0) is 36.4 Å². The number of pyridine rings is 1. The third-order valence-corrected chi connectivity index (χ3v) is 2.87. The van der Waals surface area contributed by atoms with Gasteiger partial charge in [0.2, 0.25) is 0 Å². The monoisotopic (exact) mass is 253 g/mol. The van der Waals surface area contributed by atoms with Crippen molar-refractivity contribution in [2.45, 2.75) is 6.61 Å². The first kappa shape index (κ1) is 11.7. The van der Waals surface area contributed by atoms with Gasteiger partial charge >= 0.3 is 0 Å². The van der Waals surface area contributed by atoms with Gasteiger partial charge in [0.05, 0.1) is 5.52 Å². The molecule has 94 valence electrons. The molecule has 0 radical (unpaired) electrons. The summed E-state index contributed by atoms with van der Waals surface area (Å²) < 4.78 is 18.3. The number of benzene rings is 2. The molecule has 0 aliphatic heterocycles. The molecule has 0 bridgehead atoms. The van der Waals surface area contributed by atoms with E-state index in [9.17, 15) is 4.39 Å². The molecule has 0 amide bonds. The van der Waals surface area contributed by atoms with Crippen LogP contribution >= 0.6 is 0 Å². The maximum atomic E-state index is 12.8. The lowest BCUT2D eigenvalue weighted by Gasteiger charge is -2.06. The molecule has 0 saturated heterocycles. The van der Waals surface area contributed by atoms with E-state index in [4.69, 9.17) is 4.74 Å². The van der Waals surface area contributed by atoms with E-state index >= 15 is 0 Å². The smallest absolute Gasteiger partial charge is 0.123 e. The molecule has 2 aromatic carbocycles. The summed E-state index contributed by atoms with van der Waals surface area (Å²) in [5, 5.41) is 1.09. The lowest BCUT2D eigenvalue weighted by molar-refractivity contribution is 0.305. The minimum atomic E-state index is -0.264. The third-order valence-electron chi connectivity index (χ3n) is 2.87. The molecule has 3 rings (SSSR count). The summed E-state index contributed by atoms with van der Waals surface area (Å²) >= 11 is 0. The van der Waals surface area contributed by atoms with Gasteiger partial charge in [-0.2, -0.15) is 0 Å². The Kier molecular flexibility index (Phi) is 3.11. The van der Waals surface area contributed by atoms with Crippen molar-refractivity contribution in [3.63, 3.8) is 0 Å². The van der Waals surface area contributed by atoms with Crippen LogP contribution < -0.4 is 4.74 Å². The molecule has 0 unspecified atom stereocenters. The van der Waals surface area contributed by atoms with Gasteiger partial charge in [0.1, 0.15) is 18.2 Å². The highest BCUT2D eigenvalue weighted by Gasteiger charge is 1.99. The SMILES string of the molecule is Fc1ccc(OCc2cnc3ccccc3c2)cc1. The second kappa shape index (κ2) is 5.06. The highest BCUT2D eigenvalue weighted by Crippen LogP contribution is 2.16. The molecule has 2 nitrogen and oxygen atoms in total. The largest absolute Gasteiger partial charge is 0.489 e. The third kappa shape index (κ3) is 2.71. The van der Waals surface area contributed by atoms with Crippen molar-refractivity contribution in [1.29, 1.82) is 0 Å². The maximum absolute atomic E-state index is 12.8. The number of rotatable bonds is 3. The van der Waals surface area contributed by atoms with Gasteiger partial charge in [0.15, 0.2) is 0 Å². The molecule has 19 heavy (non-hydrogen) atoms. The molecule has 0 spiro atoms. The number of nitrogens with zero attached hydrogens (tertiary/aromatic N) is 1. The van der Waals surface area contributed by atoms with Gasteiger partial charge < -0.3 is 4.74 Å². The Morgan fingerprint density at radius 2 is 1.79 bits per heavy atom. The quantitative estimate of drug-likeness (QED) is 0.705. The van der Waals surface area contributed by atoms with Crippen molar-refractivity contribution >= 4 is 10.9 Å².